The Morgan fingerprint density at radius 3 is 2.28 bits per heavy atom. The summed E-state index contributed by atoms with van der Waals surface area (Å²) in [4.78, 5) is 12.4. The first-order valence-electron chi connectivity index (χ1n) is 12.2. The summed E-state index contributed by atoms with van der Waals surface area (Å²) >= 11 is 0. The van der Waals surface area contributed by atoms with Crippen molar-refractivity contribution in [1.29, 1.82) is 0 Å². The number of carbonyl (C=O) groups is 1. The first-order valence-corrected chi connectivity index (χ1v) is 13.4. The maximum Gasteiger partial charge on any atom is 0.310 e. The lowest BCUT2D eigenvalue weighted by Gasteiger charge is -2.33. The zero-order valence-electron chi connectivity index (χ0n) is 22.3. The molecule has 4 rings (SSSR count). The second-order valence-corrected chi connectivity index (χ2v) is 11.7. The van der Waals surface area contributed by atoms with E-state index in [-0.39, 0.29) is 24.7 Å². The molecule has 2 N–H and O–H groups in total. The lowest BCUT2D eigenvalue weighted by Crippen LogP contribution is -2.36. The van der Waals surface area contributed by atoms with Crippen molar-refractivity contribution in [2.75, 3.05) is 30.3 Å². The number of anilines is 1. The van der Waals surface area contributed by atoms with Crippen molar-refractivity contribution in [2.45, 2.75) is 60.1 Å². The van der Waals surface area contributed by atoms with E-state index >= 15 is 0 Å². The Labute approximate surface area is 216 Å². The van der Waals surface area contributed by atoms with Crippen LogP contribution in [0.15, 0.2) is 30.3 Å². The van der Waals surface area contributed by atoms with Gasteiger partial charge in [-0.15, -0.1) is 0 Å². The van der Waals surface area contributed by atoms with Crippen LogP contribution in [0.25, 0.3) is 22.0 Å². The van der Waals surface area contributed by atoms with E-state index in [9.17, 15) is 14.1 Å². The maximum atomic E-state index is 13.0. The Balaban J connectivity index is 0.000000658. The van der Waals surface area contributed by atoms with Crippen molar-refractivity contribution >= 4 is 33.5 Å². The molecular weight excluding hydrogens is 476 g/mol. The van der Waals surface area contributed by atoms with Crippen LogP contribution in [0.4, 0.5) is 5.69 Å². The molecule has 0 bridgehead atoms. The molecule has 1 aliphatic rings. The van der Waals surface area contributed by atoms with Gasteiger partial charge in [-0.3, -0.25) is 9.10 Å². The van der Waals surface area contributed by atoms with Gasteiger partial charge in [0.1, 0.15) is 11.0 Å². The van der Waals surface area contributed by atoms with Crippen LogP contribution in [0.3, 0.4) is 0 Å². The number of aliphatic hydroxyl groups excluding tert-OH is 1. The highest BCUT2D eigenvalue weighted by Gasteiger charge is 2.31. The molecular formula is C28H38N2O5S. The number of esters is 1. The predicted octanol–water partition coefficient (Wildman–Crippen LogP) is 4.20. The van der Waals surface area contributed by atoms with Crippen LogP contribution in [-0.4, -0.2) is 56.6 Å². The summed E-state index contributed by atoms with van der Waals surface area (Å²) in [5.41, 5.74) is 7.62. The molecule has 7 nitrogen and oxygen atoms in total. The van der Waals surface area contributed by atoms with Crippen LogP contribution in [0.5, 0.6) is 0 Å². The van der Waals surface area contributed by atoms with Crippen molar-refractivity contribution in [3.63, 3.8) is 0 Å². The van der Waals surface area contributed by atoms with Gasteiger partial charge in [-0.2, -0.15) is 0 Å². The highest BCUT2D eigenvalue weighted by Crippen LogP contribution is 2.45. The van der Waals surface area contributed by atoms with E-state index in [1.807, 2.05) is 11.2 Å². The highest BCUT2D eigenvalue weighted by atomic mass is 32.2. The second kappa shape index (κ2) is 11.2. The Hall–Kier alpha value is -2.68. The van der Waals surface area contributed by atoms with Crippen molar-refractivity contribution in [3.8, 4) is 11.1 Å². The smallest absolute Gasteiger partial charge is 0.310 e. The van der Waals surface area contributed by atoms with Gasteiger partial charge in [-0.1, -0.05) is 29.8 Å². The first-order chi connectivity index (χ1) is 16.9. The Bertz CT molecular complexity index is 1270. The maximum absolute atomic E-state index is 13.0. The zero-order valence-corrected chi connectivity index (χ0v) is 23.2. The minimum absolute atomic E-state index is 0.137. The summed E-state index contributed by atoms with van der Waals surface area (Å²) in [6, 6.07) is 10.5. The number of aryl methyl sites for hydroxylation is 2. The predicted molar refractivity (Wildman–Crippen MR) is 147 cm³/mol. The number of nitrogens with zero attached hydrogens (tertiary/aromatic N) is 2. The van der Waals surface area contributed by atoms with Gasteiger partial charge in [-0.05, 0) is 69.9 Å². The van der Waals surface area contributed by atoms with Crippen LogP contribution in [0, 0.1) is 20.8 Å². The van der Waals surface area contributed by atoms with Crippen LogP contribution >= 0.6 is 0 Å². The van der Waals surface area contributed by atoms with Gasteiger partial charge in [0.25, 0.3) is 0 Å². The van der Waals surface area contributed by atoms with E-state index in [1.165, 1.54) is 12.7 Å². The van der Waals surface area contributed by atoms with Crippen molar-refractivity contribution in [2.24, 2.45) is 0 Å². The number of aromatic nitrogens is 1. The van der Waals surface area contributed by atoms with Gasteiger partial charge >= 0.3 is 5.97 Å². The first kappa shape index (κ1) is 27.9. The molecule has 1 aliphatic heterocycles. The highest BCUT2D eigenvalue weighted by molar-refractivity contribution is 7.86. The Morgan fingerprint density at radius 1 is 1.11 bits per heavy atom. The molecule has 1 aromatic heterocycles. The molecule has 1 unspecified atom stereocenters. The minimum Gasteiger partial charge on any atom is -0.469 e. The Morgan fingerprint density at radius 2 is 1.72 bits per heavy atom. The normalized spacial score (nSPS) is 13.9. The van der Waals surface area contributed by atoms with Gasteiger partial charge in [-0.25, -0.2) is 4.21 Å². The third-order valence-electron chi connectivity index (χ3n) is 6.08. The van der Waals surface area contributed by atoms with E-state index in [2.05, 4.69) is 48.7 Å². The molecule has 0 spiro atoms. The molecule has 1 atom stereocenters. The van der Waals surface area contributed by atoms with Crippen LogP contribution < -0.4 is 4.31 Å². The molecule has 36 heavy (non-hydrogen) atoms. The molecule has 0 fully saturated rings. The largest absolute Gasteiger partial charge is 0.469 e. The van der Waals surface area contributed by atoms with Gasteiger partial charge in [0, 0.05) is 24.2 Å². The molecule has 196 valence electrons. The fraction of sp³-hybridized carbons (Fsp3) is 0.464. The monoisotopic (exact) mass is 514 g/mol. The molecule has 0 aliphatic carbocycles. The summed E-state index contributed by atoms with van der Waals surface area (Å²) in [5, 5.41) is 18.9. The van der Waals surface area contributed by atoms with Crippen LogP contribution in [-0.2, 0) is 33.5 Å². The lowest BCUT2D eigenvalue weighted by atomic mass is 9.89. The average molecular weight is 515 g/mol. The van der Waals surface area contributed by atoms with Crippen LogP contribution in [0.2, 0.25) is 0 Å². The zero-order chi connectivity index (χ0) is 26.8. The summed E-state index contributed by atoms with van der Waals surface area (Å²) < 4.78 is 22.1. The molecule has 0 radical (unpaired) electrons. The Kier molecular flexibility index (Phi) is 8.64. The number of hydrogen-bond donors (Lipinski definition) is 2. The summed E-state index contributed by atoms with van der Waals surface area (Å²) in [6.45, 7) is 12.5. The van der Waals surface area contributed by atoms with E-state index in [0.29, 0.717) is 6.54 Å². The van der Waals surface area contributed by atoms with Gasteiger partial charge in [0.2, 0.25) is 0 Å². The minimum atomic E-state index is -1.34. The molecule has 2 aromatic carbocycles. The van der Waals surface area contributed by atoms with E-state index in [1.54, 1.807) is 20.8 Å². The van der Waals surface area contributed by atoms with E-state index < -0.39 is 16.6 Å². The standard InChI is InChI=1S/C24H28N2O4S.C4H10O/c1-15-5-7-18(8-6-15)22-19(14-21(28)30-4)17(3)23-24-20(22)13-16(2)25(24)9-10-26(23)31(29)12-11-27;1-4(2,3)5/h5-8,13,27H,9-12,14H2,1-4H3;5H,1-3H3. The summed E-state index contributed by atoms with van der Waals surface area (Å²) in [6.07, 6.45) is 0.138. The SMILES string of the molecule is CC(C)(C)O.COC(=O)Cc1c(C)c2c3c(cc(C)n3CCN2S(=O)CCO)c1-c1ccc(C)cc1. The van der Waals surface area contributed by atoms with Gasteiger partial charge in [0.15, 0.2) is 0 Å². The van der Waals surface area contributed by atoms with Gasteiger partial charge in [0.05, 0.1) is 42.7 Å². The number of methoxy groups -OCH3 is 1. The number of ether oxygens (including phenoxy) is 1. The molecule has 0 saturated heterocycles. The number of benzene rings is 2. The quantitative estimate of drug-likeness (QED) is 0.481. The lowest BCUT2D eigenvalue weighted by molar-refractivity contribution is -0.139. The molecule has 8 heteroatoms. The molecule has 2 heterocycles. The van der Waals surface area contributed by atoms with Crippen molar-refractivity contribution in [1.82, 2.24) is 4.57 Å². The molecule has 0 amide bonds. The number of hydrogen-bond acceptors (Lipinski definition) is 5. The molecule has 0 saturated carbocycles. The number of aliphatic hydroxyl groups is 2. The molecule has 3 aromatic rings. The third kappa shape index (κ3) is 5.99. The van der Waals surface area contributed by atoms with Crippen molar-refractivity contribution < 1.29 is 24.0 Å². The number of rotatable bonds is 6. The van der Waals surface area contributed by atoms with Gasteiger partial charge < -0.3 is 19.5 Å². The topological polar surface area (TPSA) is 92.0 Å². The van der Waals surface area contributed by atoms with E-state index in [4.69, 9.17) is 9.84 Å². The number of carbonyl (C=O) groups excluding carboxylic acids is 1. The second-order valence-electron chi connectivity index (χ2n) is 10.2. The fourth-order valence-corrected chi connectivity index (χ4v) is 5.66. The fourth-order valence-electron chi connectivity index (χ4n) is 4.57. The average Bonchev–Trinajstić information content (AvgIpc) is 3.13. The summed E-state index contributed by atoms with van der Waals surface area (Å²) in [7, 11) is 0.0534. The van der Waals surface area contributed by atoms with Crippen LogP contribution in [0.1, 0.15) is 43.2 Å². The van der Waals surface area contributed by atoms with Crippen molar-refractivity contribution in [3.05, 3.63) is 52.7 Å². The summed E-state index contributed by atoms with van der Waals surface area (Å²) in [5.74, 6) is -0.120. The third-order valence-corrected chi connectivity index (χ3v) is 7.47. The van der Waals surface area contributed by atoms with E-state index in [0.717, 1.165) is 51.1 Å².